The minimum Gasteiger partial charge on any atom is -0.371 e. The molecule has 0 fully saturated rings. The van der Waals surface area contributed by atoms with E-state index in [0.717, 1.165) is 26.1 Å². The molecule has 24 heavy (non-hydrogen) atoms. The third-order valence-electron chi connectivity index (χ3n) is 5.00. The molecule has 0 bridgehead atoms. The highest BCUT2D eigenvalue weighted by Gasteiger charge is 2.22. The summed E-state index contributed by atoms with van der Waals surface area (Å²) in [6.45, 7) is 7.42. The van der Waals surface area contributed by atoms with E-state index in [2.05, 4.69) is 73.4 Å². The van der Waals surface area contributed by atoms with Crippen molar-refractivity contribution in [1.29, 1.82) is 0 Å². The highest BCUT2D eigenvalue weighted by molar-refractivity contribution is 5.68. The van der Waals surface area contributed by atoms with Crippen molar-refractivity contribution in [2.45, 2.75) is 52.1 Å². The normalized spacial score (nSPS) is 23.8. The van der Waals surface area contributed by atoms with E-state index in [-0.39, 0.29) is 6.10 Å². The molecule has 124 valence electrons. The fourth-order valence-electron chi connectivity index (χ4n) is 3.95. The van der Waals surface area contributed by atoms with Gasteiger partial charge in [0.2, 0.25) is 0 Å². The Morgan fingerprint density at radius 2 is 1.79 bits per heavy atom. The molecule has 0 amide bonds. The third-order valence-corrected chi connectivity index (χ3v) is 5.00. The smallest absolute Gasteiger partial charge is 0.0737 e. The summed E-state index contributed by atoms with van der Waals surface area (Å²) in [5, 5.41) is 0. The monoisotopic (exact) mass is 319 g/mol. The molecule has 2 aliphatic rings. The van der Waals surface area contributed by atoms with Crippen molar-refractivity contribution in [2.24, 2.45) is 0 Å². The number of rotatable bonds is 3. The van der Waals surface area contributed by atoms with Gasteiger partial charge in [-0.05, 0) is 54.2 Å². The van der Waals surface area contributed by atoms with Crippen molar-refractivity contribution < 1.29 is 4.74 Å². The van der Waals surface area contributed by atoms with Gasteiger partial charge in [-0.15, -0.1) is 0 Å². The van der Waals surface area contributed by atoms with Gasteiger partial charge in [0.25, 0.3) is 0 Å². The molecule has 0 saturated heterocycles. The van der Waals surface area contributed by atoms with E-state index in [9.17, 15) is 0 Å². The fraction of sp³-hybridized carbons (Fsp3) is 0.364. The predicted octanol–water partition coefficient (Wildman–Crippen LogP) is 4.78. The van der Waals surface area contributed by atoms with Gasteiger partial charge in [-0.25, -0.2) is 0 Å². The molecule has 0 radical (unpaired) electrons. The van der Waals surface area contributed by atoms with E-state index in [0.29, 0.717) is 6.10 Å². The van der Waals surface area contributed by atoms with Gasteiger partial charge < -0.3 is 4.74 Å². The Morgan fingerprint density at radius 1 is 1.00 bits per heavy atom. The first kappa shape index (κ1) is 15.6. The van der Waals surface area contributed by atoms with Gasteiger partial charge in [0.15, 0.2) is 0 Å². The number of hydrogen-bond acceptors (Lipinski definition) is 2. The molecule has 2 heterocycles. The molecule has 0 spiro atoms. The molecule has 0 aromatic heterocycles. The average molecular weight is 319 g/mol. The van der Waals surface area contributed by atoms with E-state index in [1.54, 1.807) is 0 Å². The van der Waals surface area contributed by atoms with Crippen molar-refractivity contribution in [3.05, 3.63) is 76.9 Å². The van der Waals surface area contributed by atoms with Crippen LogP contribution in [-0.4, -0.2) is 17.1 Å². The second-order valence-corrected chi connectivity index (χ2v) is 7.16. The van der Waals surface area contributed by atoms with E-state index < -0.39 is 0 Å². The number of fused-ring (bicyclic) bond motifs is 1. The Kier molecular flexibility index (Phi) is 4.26. The van der Waals surface area contributed by atoms with Crippen molar-refractivity contribution in [1.82, 2.24) is 4.90 Å². The zero-order valence-corrected chi connectivity index (χ0v) is 14.5. The molecule has 2 aromatic rings. The molecule has 4 rings (SSSR count). The summed E-state index contributed by atoms with van der Waals surface area (Å²) >= 11 is 0. The van der Waals surface area contributed by atoms with Crippen LogP contribution in [0.1, 0.15) is 42.5 Å². The summed E-state index contributed by atoms with van der Waals surface area (Å²) in [6, 6.07) is 17.8. The standard InChI is InChI=1S/C22H25NO/c1-16-10-21(11-17(2)24-16)19-8-9-20-14-23(15-22(20)12-19)13-18-6-4-3-5-7-18/h3-10,12,16-17H,11,13-15H2,1-2H3/t16-,17?/m1/s1. The van der Waals surface area contributed by atoms with E-state index in [1.165, 1.54) is 27.8 Å². The lowest BCUT2D eigenvalue weighted by Crippen LogP contribution is -2.21. The Labute approximate surface area is 144 Å². The van der Waals surface area contributed by atoms with E-state index in [1.807, 2.05) is 0 Å². The number of hydrogen-bond donors (Lipinski definition) is 0. The van der Waals surface area contributed by atoms with Crippen molar-refractivity contribution in [2.75, 3.05) is 0 Å². The van der Waals surface area contributed by atoms with Crippen LogP contribution in [0.4, 0.5) is 0 Å². The molecular weight excluding hydrogens is 294 g/mol. The van der Waals surface area contributed by atoms with Crippen molar-refractivity contribution in [3.63, 3.8) is 0 Å². The Hall–Kier alpha value is -1.90. The zero-order chi connectivity index (χ0) is 16.5. The Balaban J connectivity index is 1.51. The lowest BCUT2D eigenvalue weighted by Gasteiger charge is -2.25. The summed E-state index contributed by atoms with van der Waals surface area (Å²) in [7, 11) is 0. The number of ether oxygens (including phenoxy) is 1. The van der Waals surface area contributed by atoms with Gasteiger partial charge >= 0.3 is 0 Å². The molecule has 0 aliphatic carbocycles. The maximum absolute atomic E-state index is 5.83. The van der Waals surface area contributed by atoms with Crippen LogP contribution >= 0.6 is 0 Å². The number of nitrogens with zero attached hydrogens (tertiary/aromatic N) is 1. The maximum Gasteiger partial charge on any atom is 0.0737 e. The number of benzene rings is 2. The predicted molar refractivity (Wildman–Crippen MR) is 98.4 cm³/mol. The Morgan fingerprint density at radius 3 is 2.58 bits per heavy atom. The fourth-order valence-corrected chi connectivity index (χ4v) is 3.95. The second-order valence-electron chi connectivity index (χ2n) is 7.16. The lowest BCUT2D eigenvalue weighted by molar-refractivity contribution is 0.0304. The molecule has 2 atom stereocenters. The summed E-state index contributed by atoms with van der Waals surface area (Å²) in [5.74, 6) is 0. The van der Waals surface area contributed by atoms with Crippen LogP contribution in [0.2, 0.25) is 0 Å². The van der Waals surface area contributed by atoms with Crippen LogP contribution in [0.5, 0.6) is 0 Å². The first-order valence-corrected chi connectivity index (χ1v) is 8.92. The maximum atomic E-state index is 5.83. The topological polar surface area (TPSA) is 12.5 Å². The first-order valence-electron chi connectivity index (χ1n) is 8.92. The van der Waals surface area contributed by atoms with Crippen molar-refractivity contribution in [3.8, 4) is 0 Å². The van der Waals surface area contributed by atoms with Gasteiger partial charge in [0, 0.05) is 19.6 Å². The van der Waals surface area contributed by atoms with E-state index in [4.69, 9.17) is 4.74 Å². The highest BCUT2D eigenvalue weighted by Crippen LogP contribution is 2.31. The quantitative estimate of drug-likeness (QED) is 0.807. The van der Waals surface area contributed by atoms with Crippen LogP contribution in [0, 0.1) is 0 Å². The van der Waals surface area contributed by atoms with Crippen LogP contribution < -0.4 is 0 Å². The van der Waals surface area contributed by atoms with Crippen molar-refractivity contribution >= 4 is 5.57 Å². The second kappa shape index (κ2) is 6.54. The van der Waals surface area contributed by atoms with Gasteiger partial charge in [0.1, 0.15) is 0 Å². The average Bonchev–Trinajstić information content (AvgIpc) is 2.96. The molecular formula is C22H25NO. The summed E-state index contributed by atoms with van der Waals surface area (Å²) in [6.07, 6.45) is 3.81. The minimum atomic E-state index is 0.214. The van der Waals surface area contributed by atoms with Gasteiger partial charge in [0.05, 0.1) is 12.2 Å². The van der Waals surface area contributed by atoms with Crippen LogP contribution in [0.3, 0.4) is 0 Å². The molecule has 1 unspecified atom stereocenters. The van der Waals surface area contributed by atoms with E-state index >= 15 is 0 Å². The molecule has 0 N–H and O–H groups in total. The zero-order valence-electron chi connectivity index (χ0n) is 14.5. The molecule has 2 aliphatic heterocycles. The van der Waals surface area contributed by atoms with Crippen LogP contribution in [-0.2, 0) is 24.4 Å². The molecule has 2 nitrogen and oxygen atoms in total. The van der Waals surface area contributed by atoms with Gasteiger partial charge in [-0.2, -0.15) is 0 Å². The summed E-state index contributed by atoms with van der Waals surface area (Å²) in [5.41, 5.74) is 7.16. The van der Waals surface area contributed by atoms with Gasteiger partial charge in [-0.1, -0.05) is 48.5 Å². The minimum absolute atomic E-state index is 0.214. The summed E-state index contributed by atoms with van der Waals surface area (Å²) < 4.78 is 5.83. The molecule has 0 saturated carbocycles. The Bertz CT molecular complexity index is 750. The van der Waals surface area contributed by atoms with Gasteiger partial charge in [-0.3, -0.25) is 4.90 Å². The largest absolute Gasteiger partial charge is 0.371 e. The summed E-state index contributed by atoms with van der Waals surface area (Å²) in [4.78, 5) is 2.52. The first-order chi connectivity index (χ1) is 11.7. The molecule has 2 aromatic carbocycles. The van der Waals surface area contributed by atoms with Crippen LogP contribution in [0.15, 0.2) is 54.6 Å². The SMILES string of the molecule is CC1CC(c2ccc3c(c2)CN(Cc2ccccc2)C3)=C[C@@H](C)O1. The highest BCUT2D eigenvalue weighted by atomic mass is 16.5. The molecule has 2 heteroatoms. The lowest BCUT2D eigenvalue weighted by atomic mass is 9.94. The third kappa shape index (κ3) is 3.31. The van der Waals surface area contributed by atoms with Crippen LogP contribution in [0.25, 0.3) is 5.57 Å².